The first kappa shape index (κ1) is 20.4. The van der Waals surface area contributed by atoms with E-state index in [-0.39, 0.29) is 37.7 Å². The van der Waals surface area contributed by atoms with Crippen LogP contribution in [0.15, 0.2) is 11.5 Å². The zero-order valence-electron chi connectivity index (χ0n) is 8.79. The van der Waals surface area contributed by atoms with E-state index in [1.165, 1.54) is 0 Å². The molecule has 0 aliphatic carbocycles. The Hall–Kier alpha value is 0.0997. The van der Waals surface area contributed by atoms with E-state index in [0.29, 0.717) is 0 Å². The van der Waals surface area contributed by atoms with Crippen LogP contribution in [0.25, 0.3) is 0 Å². The number of hydrogen-bond donors (Lipinski definition) is 5. The van der Waals surface area contributed by atoms with E-state index in [1.807, 2.05) is 0 Å². The van der Waals surface area contributed by atoms with Crippen molar-refractivity contribution in [2.24, 2.45) is 0 Å². The van der Waals surface area contributed by atoms with Crippen molar-refractivity contribution in [1.82, 2.24) is 0 Å². The van der Waals surface area contributed by atoms with Crippen LogP contribution in [0, 0.1) is 0 Å². The fourth-order valence-corrected chi connectivity index (χ4v) is 0.823. The van der Waals surface area contributed by atoms with Crippen LogP contribution < -0.4 is 9.79 Å². The van der Waals surface area contributed by atoms with Crippen molar-refractivity contribution in [2.75, 3.05) is 6.61 Å². The van der Waals surface area contributed by atoms with Crippen molar-refractivity contribution in [3.05, 3.63) is 11.5 Å². The summed E-state index contributed by atoms with van der Waals surface area (Å²) in [5, 5.41) is 35.0. The van der Waals surface area contributed by atoms with Crippen LogP contribution in [0.4, 0.5) is 0 Å². The quantitative estimate of drug-likeness (QED) is 0.191. The fourth-order valence-electron chi connectivity index (χ4n) is 0.823. The molecule has 0 aromatic rings. The molecule has 0 aromatic carbocycles. The number of esters is 1. The third-order valence-electron chi connectivity index (χ3n) is 1.48. The second-order valence-electron chi connectivity index (χ2n) is 2.78. The van der Waals surface area contributed by atoms with Gasteiger partial charge < -0.3 is 44.4 Å². The molecular formula is C6H9CaO10P. The molecule has 0 radical (unpaired) electrons. The number of cyclic esters (lactones) is 1. The van der Waals surface area contributed by atoms with Gasteiger partial charge >= 0.3 is 43.7 Å². The summed E-state index contributed by atoms with van der Waals surface area (Å²) < 4.78 is 13.0. The summed E-state index contributed by atoms with van der Waals surface area (Å²) in [5.41, 5.74) is 0. The molecule has 0 spiro atoms. The maximum atomic E-state index is 10.5. The minimum absolute atomic E-state index is 0. The van der Waals surface area contributed by atoms with Crippen molar-refractivity contribution in [1.29, 1.82) is 0 Å². The maximum Gasteiger partial charge on any atom is 2.00 e. The Balaban J connectivity index is 0. The first-order valence-electron chi connectivity index (χ1n) is 3.94. The fraction of sp³-hybridized carbons (Fsp3) is 0.500. The zero-order chi connectivity index (χ0) is 13.8. The number of ether oxygens (including phenoxy) is 1. The Morgan fingerprint density at radius 3 is 2.00 bits per heavy atom. The zero-order valence-corrected chi connectivity index (χ0v) is 11.9. The third kappa shape index (κ3) is 7.52. The van der Waals surface area contributed by atoms with Gasteiger partial charge in [-0.25, -0.2) is 4.79 Å². The Morgan fingerprint density at radius 2 is 1.78 bits per heavy atom. The molecule has 0 aromatic heterocycles. The summed E-state index contributed by atoms with van der Waals surface area (Å²) in [7, 11) is -5.14. The van der Waals surface area contributed by atoms with Crippen LogP contribution >= 0.6 is 7.82 Å². The van der Waals surface area contributed by atoms with Gasteiger partial charge in [-0.3, -0.25) is 0 Å². The van der Waals surface area contributed by atoms with Crippen molar-refractivity contribution in [3.8, 4) is 0 Å². The molecule has 100 valence electrons. The van der Waals surface area contributed by atoms with Crippen molar-refractivity contribution in [3.63, 3.8) is 0 Å². The SMILES string of the molecule is O=C1O[C@H]([C@@H](O)CO)C(O)=C1O.O=P([O-])([O-])O.[Ca+2]. The molecule has 5 N–H and O–H groups in total. The minimum atomic E-state index is -5.14. The van der Waals surface area contributed by atoms with Gasteiger partial charge in [-0.05, 0) is 0 Å². The number of rotatable bonds is 2. The molecule has 0 saturated heterocycles. The molecule has 0 saturated carbocycles. The Bertz CT molecular complexity index is 353. The normalized spacial score (nSPS) is 20.5. The average Bonchev–Trinajstić information content (AvgIpc) is 2.42. The van der Waals surface area contributed by atoms with Gasteiger partial charge in [-0.15, -0.1) is 0 Å². The molecule has 1 aliphatic rings. The van der Waals surface area contributed by atoms with E-state index in [1.54, 1.807) is 0 Å². The summed E-state index contributed by atoms with van der Waals surface area (Å²) in [6.45, 7) is -0.671. The van der Waals surface area contributed by atoms with E-state index in [4.69, 9.17) is 39.7 Å². The number of carbonyl (C=O) groups excluding carboxylic acids is 1. The Labute approximate surface area is 130 Å². The molecule has 2 atom stereocenters. The number of aliphatic hydroxyl groups is 4. The Kier molecular flexibility index (Phi) is 9.42. The van der Waals surface area contributed by atoms with Crippen molar-refractivity contribution in [2.45, 2.75) is 12.2 Å². The largest absolute Gasteiger partial charge is 2.00 e. The van der Waals surface area contributed by atoms with Crippen molar-refractivity contribution < 1.29 is 49.2 Å². The maximum absolute atomic E-state index is 10.5. The van der Waals surface area contributed by atoms with Gasteiger partial charge in [0.2, 0.25) is 5.76 Å². The molecular weight excluding hydrogens is 303 g/mol. The Morgan fingerprint density at radius 1 is 1.39 bits per heavy atom. The predicted octanol–water partition coefficient (Wildman–Crippen LogP) is -3.98. The van der Waals surface area contributed by atoms with Gasteiger partial charge in [-0.2, -0.15) is 0 Å². The first-order valence-corrected chi connectivity index (χ1v) is 5.44. The average molecular weight is 312 g/mol. The summed E-state index contributed by atoms with van der Waals surface area (Å²) in [6.07, 6.45) is -2.78. The van der Waals surface area contributed by atoms with E-state index in [0.717, 1.165) is 0 Å². The van der Waals surface area contributed by atoms with Gasteiger partial charge in [0.15, 0.2) is 11.9 Å². The van der Waals surface area contributed by atoms with E-state index >= 15 is 0 Å². The molecule has 1 heterocycles. The van der Waals surface area contributed by atoms with Gasteiger partial charge in [0.05, 0.1) is 14.4 Å². The molecule has 0 unspecified atom stereocenters. The molecule has 0 bridgehead atoms. The number of phosphoric acid groups is 1. The number of hydrogen-bond acceptors (Lipinski definition) is 9. The topological polar surface area (TPSA) is 191 Å². The second-order valence-corrected chi connectivity index (χ2v) is 3.72. The summed E-state index contributed by atoms with van der Waals surface area (Å²) in [6, 6.07) is 0. The van der Waals surface area contributed by atoms with Crippen LogP contribution in [0.5, 0.6) is 0 Å². The van der Waals surface area contributed by atoms with E-state index < -0.39 is 44.1 Å². The number of carbonyl (C=O) groups is 1. The predicted molar refractivity (Wildman–Crippen MR) is 50.8 cm³/mol. The minimum Gasteiger partial charge on any atom is -0.790 e. The van der Waals surface area contributed by atoms with Crippen LogP contribution in [0.1, 0.15) is 0 Å². The van der Waals surface area contributed by atoms with Crippen LogP contribution in [-0.2, 0) is 14.1 Å². The standard InChI is InChI=1S/C6H8O6.Ca.H3O4P/c7-1-2(8)5-3(9)4(10)6(11)12-5;;1-5(2,3)4/h2,5,7-10H,1H2;;(H3,1,2,3,4)/q;+2;/p-2/t2-,5+;;/m0../s1. The van der Waals surface area contributed by atoms with Crippen molar-refractivity contribution >= 4 is 51.5 Å². The van der Waals surface area contributed by atoms with Crippen LogP contribution in [-0.4, -0.2) is 87.8 Å². The molecule has 0 fully saturated rings. The van der Waals surface area contributed by atoms with Gasteiger partial charge in [-0.1, -0.05) is 0 Å². The monoisotopic (exact) mass is 312 g/mol. The molecule has 1 rings (SSSR count). The van der Waals surface area contributed by atoms with Crippen LogP contribution in [0.2, 0.25) is 0 Å². The van der Waals surface area contributed by atoms with Gasteiger partial charge in [0, 0.05) is 0 Å². The molecule has 0 amide bonds. The van der Waals surface area contributed by atoms with E-state index in [2.05, 4.69) is 4.74 Å². The molecule has 12 heteroatoms. The summed E-state index contributed by atoms with van der Waals surface area (Å²) in [5.74, 6) is -2.78. The first-order chi connectivity index (χ1) is 7.57. The smallest absolute Gasteiger partial charge is 0.790 e. The van der Waals surface area contributed by atoms with Crippen LogP contribution in [0.3, 0.4) is 0 Å². The molecule has 18 heavy (non-hydrogen) atoms. The third-order valence-corrected chi connectivity index (χ3v) is 1.48. The van der Waals surface area contributed by atoms with Gasteiger partial charge in [0.1, 0.15) is 6.10 Å². The summed E-state index contributed by atoms with van der Waals surface area (Å²) >= 11 is 0. The second kappa shape index (κ2) is 8.31. The van der Waals surface area contributed by atoms with E-state index in [9.17, 15) is 4.79 Å². The molecule has 10 nitrogen and oxygen atoms in total. The van der Waals surface area contributed by atoms with Gasteiger partial charge in [0.25, 0.3) is 0 Å². The summed E-state index contributed by atoms with van der Waals surface area (Å²) in [4.78, 5) is 34.8. The number of aliphatic hydroxyl groups excluding tert-OH is 4. The molecule has 1 aliphatic heterocycles.